The van der Waals surface area contributed by atoms with E-state index in [1.165, 1.54) is 0 Å². The van der Waals surface area contributed by atoms with Crippen LogP contribution in [0.3, 0.4) is 0 Å². The molecule has 1 aliphatic rings. The Labute approximate surface area is 123 Å². The van der Waals surface area contributed by atoms with E-state index in [0.717, 1.165) is 13.2 Å². The lowest BCUT2D eigenvalue weighted by Crippen LogP contribution is -2.43. The van der Waals surface area contributed by atoms with Crippen LogP contribution in [0.5, 0.6) is 0 Å². The van der Waals surface area contributed by atoms with Crippen molar-refractivity contribution in [2.24, 2.45) is 5.92 Å². The van der Waals surface area contributed by atoms with Gasteiger partial charge in [0.15, 0.2) is 0 Å². The smallest absolute Gasteiger partial charge is 0.419 e. The van der Waals surface area contributed by atoms with Crippen LogP contribution in [0.25, 0.3) is 0 Å². The number of carbonyl (C=O) groups is 2. The fourth-order valence-corrected chi connectivity index (χ4v) is 2.52. The molecule has 0 radical (unpaired) electrons. The van der Waals surface area contributed by atoms with Crippen LogP contribution in [0.2, 0.25) is 0 Å². The molecule has 2 unspecified atom stereocenters. The predicted molar refractivity (Wildman–Crippen MR) is 67.3 cm³/mol. The highest BCUT2D eigenvalue weighted by molar-refractivity contribution is 5.83. The fourth-order valence-electron chi connectivity index (χ4n) is 2.52. The number of ether oxygens (including phenoxy) is 1. The first-order valence-electron chi connectivity index (χ1n) is 6.45. The maximum Gasteiger partial charge on any atom is 0.419 e. The van der Waals surface area contributed by atoms with Gasteiger partial charge in [-0.3, -0.25) is 9.59 Å². The lowest BCUT2D eigenvalue weighted by atomic mass is 9.80. The number of methoxy groups -OCH3 is 1. The van der Waals surface area contributed by atoms with Crippen molar-refractivity contribution in [3.05, 3.63) is 35.1 Å². The average Bonchev–Trinajstić information content (AvgIpc) is 2.45. The zero-order chi connectivity index (χ0) is 16.5. The Kier molecular flexibility index (Phi) is 4.39. The molecule has 1 amide bonds. The predicted octanol–water partition coefficient (Wildman–Crippen LogP) is 2.24. The van der Waals surface area contributed by atoms with Gasteiger partial charge in [0, 0.05) is 18.9 Å². The molecule has 0 spiro atoms. The largest absolute Gasteiger partial charge is 0.469 e. The molecule has 1 aromatic rings. The van der Waals surface area contributed by atoms with Gasteiger partial charge in [-0.05, 0) is 17.7 Å². The molecule has 2 rings (SSSR count). The van der Waals surface area contributed by atoms with Gasteiger partial charge in [0.25, 0.3) is 0 Å². The lowest BCUT2D eigenvalue weighted by Gasteiger charge is -2.30. The van der Waals surface area contributed by atoms with Crippen LogP contribution in [-0.4, -0.2) is 25.5 Å². The maximum atomic E-state index is 13.3. The molecule has 22 heavy (non-hydrogen) atoms. The van der Waals surface area contributed by atoms with E-state index in [4.69, 9.17) is 0 Å². The number of nitrogens with one attached hydrogen (secondary N) is 1. The molecule has 1 aromatic carbocycles. The number of rotatable bonds is 2. The molecule has 0 aromatic heterocycles. The standard InChI is InChI=1S/C14H13F4NO3/c1-22-13(21)9-6-19-12(20)5-8(9)7-2-3-11(15)10(4-7)14(16,17)18/h2-4,8-9H,5-6H2,1H3,(H,19,20). The monoisotopic (exact) mass is 319 g/mol. The highest BCUT2D eigenvalue weighted by Gasteiger charge is 2.39. The molecular weight excluding hydrogens is 306 g/mol. The van der Waals surface area contributed by atoms with Crippen LogP contribution in [0.15, 0.2) is 18.2 Å². The first-order chi connectivity index (χ1) is 10.2. The molecule has 1 fully saturated rings. The van der Waals surface area contributed by atoms with E-state index in [1.807, 2.05) is 0 Å². The zero-order valence-corrected chi connectivity index (χ0v) is 11.5. The minimum absolute atomic E-state index is 0.0328. The summed E-state index contributed by atoms with van der Waals surface area (Å²) in [7, 11) is 1.15. The summed E-state index contributed by atoms with van der Waals surface area (Å²) in [4.78, 5) is 23.2. The quantitative estimate of drug-likeness (QED) is 0.672. The number of piperidine rings is 1. The second-order valence-electron chi connectivity index (χ2n) is 4.98. The van der Waals surface area contributed by atoms with E-state index < -0.39 is 35.4 Å². The van der Waals surface area contributed by atoms with Crippen molar-refractivity contribution < 1.29 is 31.9 Å². The fraction of sp³-hybridized carbons (Fsp3) is 0.429. The van der Waals surface area contributed by atoms with Gasteiger partial charge in [-0.25, -0.2) is 4.39 Å². The molecule has 0 aliphatic carbocycles. The molecule has 0 saturated carbocycles. The van der Waals surface area contributed by atoms with Crippen LogP contribution in [0, 0.1) is 11.7 Å². The molecular formula is C14H13F4NO3. The van der Waals surface area contributed by atoms with Gasteiger partial charge in [0.05, 0.1) is 18.6 Å². The van der Waals surface area contributed by atoms with Crippen molar-refractivity contribution >= 4 is 11.9 Å². The Balaban J connectivity index is 2.43. The van der Waals surface area contributed by atoms with Crippen LogP contribution in [0.4, 0.5) is 17.6 Å². The number of hydrogen-bond acceptors (Lipinski definition) is 3. The van der Waals surface area contributed by atoms with Crippen LogP contribution in [-0.2, 0) is 20.5 Å². The molecule has 1 aliphatic heterocycles. The van der Waals surface area contributed by atoms with E-state index in [2.05, 4.69) is 10.1 Å². The summed E-state index contributed by atoms with van der Waals surface area (Å²) in [6.45, 7) is -0.0328. The second kappa shape index (κ2) is 5.94. The maximum absolute atomic E-state index is 13.3. The van der Waals surface area contributed by atoms with Crippen molar-refractivity contribution in [2.75, 3.05) is 13.7 Å². The first-order valence-corrected chi connectivity index (χ1v) is 6.45. The molecule has 8 heteroatoms. The summed E-state index contributed by atoms with van der Waals surface area (Å²) in [6.07, 6.45) is -5.01. The number of benzene rings is 1. The SMILES string of the molecule is COC(=O)C1CNC(=O)CC1c1ccc(F)c(C(F)(F)F)c1. The highest BCUT2D eigenvalue weighted by Crippen LogP contribution is 2.37. The Bertz CT molecular complexity index is 600. The summed E-state index contributed by atoms with van der Waals surface area (Å²) in [5.74, 6) is -4.02. The summed E-state index contributed by atoms with van der Waals surface area (Å²) in [6, 6.07) is 2.50. The summed E-state index contributed by atoms with van der Waals surface area (Å²) >= 11 is 0. The van der Waals surface area contributed by atoms with Crippen molar-refractivity contribution in [3.63, 3.8) is 0 Å². The molecule has 0 bridgehead atoms. The van der Waals surface area contributed by atoms with Crippen LogP contribution >= 0.6 is 0 Å². The van der Waals surface area contributed by atoms with Gasteiger partial charge in [-0.1, -0.05) is 6.07 Å². The third kappa shape index (κ3) is 3.20. The van der Waals surface area contributed by atoms with Crippen molar-refractivity contribution in [1.29, 1.82) is 0 Å². The van der Waals surface area contributed by atoms with Crippen molar-refractivity contribution in [3.8, 4) is 0 Å². The lowest BCUT2D eigenvalue weighted by molar-refractivity contribution is -0.147. The summed E-state index contributed by atoms with van der Waals surface area (Å²) in [5, 5.41) is 2.47. The van der Waals surface area contributed by atoms with Gasteiger partial charge in [-0.15, -0.1) is 0 Å². The number of esters is 1. The van der Waals surface area contributed by atoms with E-state index in [-0.39, 0.29) is 24.4 Å². The van der Waals surface area contributed by atoms with Crippen molar-refractivity contribution in [2.45, 2.75) is 18.5 Å². The number of hydrogen-bond donors (Lipinski definition) is 1. The van der Waals surface area contributed by atoms with Gasteiger partial charge in [0.1, 0.15) is 5.82 Å². The number of amides is 1. The first kappa shape index (κ1) is 16.3. The van der Waals surface area contributed by atoms with E-state index in [9.17, 15) is 27.2 Å². The Hall–Kier alpha value is -2.12. The van der Waals surface area contributed by atoms with Crippen LogP contribution in [0.1, 0.15) is 23.5 Å². The minimum Gasteiger partial charge on any atom is -0.469 e. The Morgan fingerprint density at radius 1 is 1.36 bits per heavy atom. The minimum atomic E-state index is -4.85. The van der Waals surface area contributed by atoms with Gasteiger partial charge in [-0.2, -0.15) is 13.2 Å². The third-order valence-electron chi connectivity index (χ3n) is 3.64. The molecule has 120 valence electrons. The zero-order valence-electron chi connectivity index (χ0n) is 11.5. The Morgan fingerprint density at radius 3 is 2.64 bits per heavy atom. The number of alkyl halides is 3. The molecule has 2 atom stereocenters. The third-order valence-corrected chi connectivity index (χ3v) is 3.64. The highest BCUT2D eigenvalue weighted by atomic mass is 19.4. The van der Waals surface area contributed by atoms with Crippen LogP contribution < -0.4 is 5.32 Å². The van der Waals surface area contributed by atoms with Gasteiger partial charge < -0.3 is 10.1 Å². The number of halogens is 4. The summed E-state index contributed by atoms with van der Waals surface area (Å²) in [5.41, 5.74) is -1.33. The second-order valence-corrected chi connectivity index (χ2v) is 4.98. The molecule has 4 nitrogen and oxygen atoms in total. The molecule has 1 saturated heterocycles. The Morgan fingerprint density at radius 2 is 2.05 bits per heavy atom. The summed E-state index contributed by atoms with van der Waals surface area (Å²) < 4.78 is 56.3. The van der Waals surface area contributed by atoms with Gasteiger partial charge >= 0.3 is 12.1 Å². The average molecular weight is 319 g/mol. The van der Waals surface area contributed by atoms with Crippen molar-refractivity contribution in [1.82, 2.24) is 5.32 Å². The molecule has 1 N–H and O–H groups in total. The van der Waals surface area contributed by atoms with E-state index in [0.29, 0.717) is 12.1 Å². The normalized spacial score (nSPS) is 22.1. The molecule has 1 heterocycles. The van der Waals surface area contributed by atoms with E-state index in [1.54, 1.807) is 0 Å². The van der Waals surface area contributed by atoms with Gasteiger partial charge in [0.2, 0.25) is 5.91 Å². The van der Waals surface area contributed by atoms with E-state index >= 15 is 0 Å². The topological polar surface area (TPSA) is 55.4 Å². The number of carbonyl (C=O) groups excluding carboxylic acids is 2.